The summed E-state index contributed by atoms with van der Waals surface area (Å²) in [5.41, 5.74) is 7.41. The number of aromatic nitrogens is 18. The van der Waals surface area contributed by atoms with E-state index in [0.29, 0.717) is 100 Å². The number of fused-ring (bicyclic) bond motifs is 1. The molecule has 0 saturated carbocycles. The number of carboxylic acid groups (broad SMARTS) is 1. The van der Waals surface area contributed by atoms with Crippen LogP contribution in [0.3, 0.4) is 0 Å². The van der Waals surface area contributed by atoms with Gasteiger partial charge in [0.1, 0.15) is 12.3 Å². The fraction of sp³-hybridized carbons (Fsp3) is 0.412. The number of thiol groups is 1. The number of aliphatic hydroxyl groups is 3. The second-order valence-corrected chi connectivity index (χ2v) is 39.1. The number of benzene rings is 6. The minimum atomic E-state index is -0.988. The van der Waals surface area contributed by atoms with Gasteiger partial charge in [0.25, 0.3) is 23.6 Å². The Balaban J connectivity index is 0.000000230. The molecule has 47 heteroatoms. The Labute approximate surface area is 961 Å². The van der Waals surface area contributed by atoms with Crippen LogP contribution >= 0.6 is 57.6 Å². The first-order valence-corrected chi connectivity index (χ1v) is 52.1. The van der Waals surface area contributed by atoms with Crippen LogP contribution in [-0.4, -0.2) is 311 Å². The average Bonchev–Trinajstić information content (AvgIpc) is 1.73. The van der Waals surface area contributed by atoms with E-state index in [2.05, 4.69) is 119 Å². The van der Waals surface area contributed by atoms with Gasteiger partial charge in [-0.3, -0.25) is 24.0 Å². The zero-order valence-corrected chi connectivity index (χ0v) is 95.9. The quantitative estimate of drug-likeness (QED) is 0.0359. The maximum Gasteiger partial charge on any atom is 1.00 e. The molecule has 6 aliphatic rings. The van der Waals surface area contributed by atoms with Crippen LogP contribution in [0.25, 0.3) is 34.1 Å². The number of amides is 5. The molecule has 0 unspecified atom stereocenters. The van der Waals surface area contributed by atoms with Gasteiger partial charge in [-0.1, -0.05) is 125 Å². The minimum absolute atomic E-state index is 0. The number of carbonyl (C=O) groups excluding carboxylic acids is 7. The molecule has 149 heavy (non-hydrogen) atoms. The number of carboxylic acids is 1. The molecule has 7 aromatic heterocycles. The van der Waals surface area contributed by atoms with Crippen molar-refractivity contribution in [3.05, 3.63) is 277 Å². The molecule has 19 rings (SSSR count). The third kappa shape index (κ3) is 39.5. The molecule has 0 aliphatic carbocycles. The van der Waals surface area contributed by atoms with Crippen molar-refractivity contribution in [2.24, 2.45) is 0 Å². The van der Waals surface area contributed by atoms with E-state index in [1.807, 2.05) is 161 Å². The molecule has 0 radical (unpaired) electrons. The number of ether oxygens (including phenoxy) is 2. The third-order valence-corrected chi connectivity index (χ3v) is 25.9. The summed E-state index contributed by atoms with van der Waals surface area (Å²) in [7, 11) is 8.59. The van der Waals surface area contributed by atoms with Gasteiger partial charge in [0.05, 0.1) is 143 Å². The van der Waals surface area contributed by atoms with Crippen LogP contribution in [0.2, 0.25) is 5.15 Å². The molecular weight excluding hydrogens is 2060 g/mol. The molecule has 39 nitrogen and oxygen atoms in total. The Bertz CT molecular complexity index is 6040. The number of piperidine rings is 6. The van der Waals surface area contributed by atoms with Gasteiger partial charge in [0.15, 0.2) is 15.9 Å². The number of carbonyl (C=O) groups is 8. The number of hydrogen-bond acceptors (Lipinski definition) is 31. The maximum atomic E-state index is 13.1. The molecule has 6 fully saturated rings. The molecule has 6 aromatic carbocycles. The first kappa shape index (κ1) is 126. The number of nitrogens with one attached hydrogen (secondary N) is 1. The molecule has 6 saturated heterocycles. The maximum absolute atomic E-state index is 13.1. The van der Waals surface area contributed by atoms with E-state index in [0.717, 1.165) is 96.3 Å². The number of likely N-dealkylation sites (tertiary alicyclic amines) is 5. The molecule has 12 atom stereocenters. The summed E-state index contributed by atoms with van der Waals surface area (Å²) in [5, 5.41) is 90.1. The number of imidazole rings is 1. The molecule has 5 N–H and O–H groups in total. The fourth-order valence-corrected chi connectivity index (χ4v) is 17.9. The van der Waals surface area contributed by atoms with Crippen molar-refractivity contribution < 1.29 is 154 Å². The Hall–Kier alpha value is -10.2. The van der Waals surface area contributed by atoms with E-state index in [9.17, 15) is 48.6 Å². The van der Waals surface area contributed by atoms with Gasteiger partial charge in [-0.25, -0.2) is 19.6 Å². The Morgan fingerprint density at radius 1 is 0.443 bits per heavy atom. The van der Waals surface area contributed by atoms with Gasteiger partial charge < -0.3 is 86.6 Å². The van der Waals surface area contributed by atoms with Crippen molar-refractivity contribution in [1.29, 1.82) is 0 Å². The SMILES string of the molecule is CC(=O)S[C@@H]1CC[C@@H](C)N(C(=O)c2ccccc2-n2nccn2)C1.CC(=O)[S-].CO[C@H]1CC[C@@H](C)N(C(=O)c2ccccc2-n2nccn2)C1.CSCl.C[C@@H]1CC[C@@H](S)CN1C(=O)c1ccccc1-n1nccn1.C[C@@H]1CC[C@H](O)CN1.C[C@@H]1CC[C@H](O)CN1C(=O)OCc1ccccc1.C[C@@H]1CC[C@H](O)CN1C(=O)c1ccccc1-n1nccn1.C[O-].Clc1nccn2ccnc12.O=C(O)c1ccccc1-n1nccn1.[K+].[Na+]. The number of aliphatic hydroxyl groups excluding tert-OH is 3. The second kappa shape index (κ2) is 66.6. The van der Waals surface area contributed by atoms with E-state index in [4.69, 9.17) is 47.1 Å². The number of halogens is 2. The number of rotatable bonds is 14. The summed E-state index contributed by atoms with van der Waals surface area (Å²) in [6.45, 7) is 19.0. The zero-order chi connectivity index (χ0) is 106. The van der Waals surface area contributed by atoms with E-state index >= 15 is 0 Å². The molecule has 5 amide bonds. The number of thioether (sulfide) groups is 1. The van der Waals surface area contributed by atoms with Gasteiger partial charge in [-0.05, 0) is 209 Å². The van der Waals surface area contributed by atoms with Crippen LogP contribution in [0.5, 0.6) is 0 Å². The number of para-hydroxylation sites is 5. The van der Waals surface area contributed by atoms with Crippen molar-refractivity contribution in [2.45, 2.75) is 210 Å². The van der Waals surface area contributed by atoms with Crippen molar-refractivity contribution >= 4 is 122 Å². The first-order valence-electron chi connectivity index (χ1n) is 47.9. The third-order valence-electron chi connectivity index (χ3n) is 24.1. The van der Waals surface area contributed by atoms with Crippen molar-refractivity contribution in [3.8, 4) is 28.4 Å². The second-order valence-electron chi connectivity index (χ2n) is 34.8. The van der Waals surface area contributed by atoms with E-state index in [1.54, 1.807) is 122 Å². The Morgan fingerprint density at radius 2 is 0.765 bits per heavy atom. The number of β-amino-alcohol motifs (C(OH)–C–C–N with tert-alkyl or cyclic N) is 3. The fourth-order valence-electron chi connectivity index (χ4n) is 16.4. The summed E-state index contributed by atoms with van der Waals surface area (Å²) < 4.78 is 12.5. The van der Waals surface area contributed by atoms with Crippen LogP contribution < -0.4 is 91.4 Å². The number of hydrogen-bond donors (Lipinski definition) is 6. The van der Waals surface area contributed by atoms with Gasteiger partial charge >= 0.3 is 93.0 Å². The van der Waals surface area contributed by atoms with Gasteiger partial charge in [-0.2, -0.15) is 94.7 Å². The summed E-state index contributed by atoms with van der Waals surface area (Å²) in [6.07, 6.45) is 34.3. The Kier molecular flexibility index (Phi) is 56.2. The standard InChI is InChI=1S/C17H20N4O2S.C16H20N4O2.C15H18N4O2.C15H18N4OS.C14H19NO3.C9H7N3O2.C6H4ClN3.C6H13NO.C2H4OS.CH3ClS.CH3O.K.Na/c1-12-7-8-14(24-13(2)22)11-20(12)17(23)15-5-3-4-6-16(15)21-18-9-10-19-21;1-12-7-8-13(22-2)11-19(12)16(21)14-5-3-4-6-15(14)20-17-9-10-18-20;1-11-6-7-12(20)10-18(11)15(21)13-4-2-3-5-14(13)19-16-8-9-17-19;1-11-6-7-12(21)10-18(11)15(20)13-4-2-3-5-14(13)19-16-8-9-17-19;1-11-7-8-13(16)9-15(11)14(17)18-10-12-5-3-2-4-6-12;13-9(14)7-3-1-2-4-8(7)12-10-5-6-11-12;7-5-6-9-2-4-10(6)3-1-8-5;1-5-2-3-6(8)4-7-5;1-2(3)4;1-3-2;1-2;;/h3-6,9-10,12,14H,7-8,11H2,1-2H3;3-6,9-10,12-13H,7-8,11H2,1-2H3;2-5,8-9,11-12,20H,6-7,10H2,1H3;2-5,8-9,11-12,21H,6-7,10H2,1H3;2-6,11,13,16H,7-10H2,1H3;1-6H,(H,13,14);1-4H;5-8H,2-4H2,1H3;1H3,(H,3,4);1H3;1H3;;/q;;;;;;;;;;-1;2*+1/p-1/t12-,14-;12-,13+;11-,12+;11-,12-;11-,13+;;;5-,6+;;;;;/m11111..1...../s1. The number of nitrogens with zero attached hydrogens (tertiary/aromatic N) is 23. The monoisotopic (exact) mass is 2190 g/mol. The topological polar surface area (TPSA) is 471 Å². The van der Waals surface area contributed by atoms with Crippen LogP contribution in [-0.2, 0) is 38.3 Å². The van der Waals surface area contributed by atoms with Crippen LogP contribution in [0.4, 0.5) is 4.79 Å². The smallest absolute Gasteiger partial charge is 0.857 e. The van der Waals surface area contributed by atoms with E-state index < -0.39 is 18.2 Å². The molecule has 0 bridgehead atoms. The Morgan fingerprint density at radius 3 is 1.13 bits per heavy atom. The number of methoxy groups -OCH3 is 1. The normalized spacial score (nSPS) is 19.8. The van der Waals surface area contributed by atoms with E-state index in [-0.39, 0.29) is 186 Å². The molecular formula is C102H128Cl2KN24NaO15S4. The van der Waals surface area contributed by atoms with Crippen LogP contribution in [0, 0.1) is 0 Å². The average molecular weight is 2190 g/mol. The summed E-state index contributed by atoms with van der Waals surface area (Å²) in [4.78, 5) is 119. The summed E-state index contributed by atoms with van der Waals surface area (Å²) in [6, 6.07) is 47.1. The zero-order valence-electron chi connectivity index (χ0n) is 85.9. The predicted octanol–water partition coefficient (Wildman–Crippen LogP) is 7.09. The van der Waals surface area contributed by atoms with Crippen molar-refractivity contribution in [2.75, 3.05) is 59.7 Å². The van der Waals surface area contributed by atoms with Crippen LogP contribution in [0.1, 0.15) is 190 Å². The largest absolute Gasteiger partial charge is 1.00 e. The molecule has 786 valence electrons. The predicted molar refractivity (Wildman–Crippen MR) is 566 cm³/mol. The summed E-state index contributed by atoms with van der Waals surface area (Å²) in [5.74, 6) is -1.09. The van der Waals surface area contributed by atoms with Gasteiger partial charge in [0.2, 0.25) is 0 Å². The number of aromatic carboxylic acids is 1. The molecule has 0 spiro atoms. The summed E-state index contributed by atoms with van der Waals surface area (Å²) >= 11 is 15.5. The first-order chi connectivity index (χ1) is 70.9. The molecule has 13 aromatic rings. The van der Waals surface area contributed by atoms with Crippen molar-refractivity contribution in [3.63, 3.8) is 0 Å². The van der Waals surface area contributed by atoms with Gasteiger partial charge in [-0.15, -0.1) is 0 Å². The van der Waals surface area contributed by atoms with E-state index in [1.165, 1.54) is 72.1 Å². The minimum Gasteiger partial charge on any atom is -0.857 e. The van der Waals surface area contributed by atoms with Gasteiger partial charge in [0, 0.05) is 123 Å². The van der Waals surface area contributed by atoms with Crippen LogP contribution in [0.15, 0.2) is 238 Å². The van der Waals surface area contributed by atoms with Crippen molar-refractivity contribution in [1.82, 2.24) is 119 Å². The molecule has 6 aliphatic heterocycles. The molecule has 13 heterocycles.